The molecule has 0 radical (unpaired) electrons. The van der Waals surface area contributed by atoms with E-state index >= 15 is 0 Å². The van der Waals surface area contributed by atoms with Crippen LogP contribution in [0, 0.1) is 23.3 Å². The van der Waals surface area contributed by atoms with Crippen LogP contribution in [0.25, 0.3) is 22.7 Å². The van der Waals surface area contributed by atoms with E-state index in [2.05, 4.69) is 50.8 Å². The topological polar surface area (TPSA) is 224 Å². The van der Waals surface area contributed by atoms with Crippen LogP contribution in [0.4, 0.5) is 30.7 Å². The number of carboxylic acid groups (broad SMARTS) is 1. The first-order valence-electron chi connectivity index (χ1n) is 19.5. The molecular formula is C42H26Cl2F7N11O6. The first-order chi connectivity index (χ1) is 32.3. The lowest BCUT2D eigenvalue weighted by Crippen LogP contribution is -2.30. The van der Waals surface area contributed by atoms with Crippen molar-refractivity contribution in [2.75, 3.05) is 0 Å². The molecule has 0 aliphatic heterocycles. The molecule has 348 valence electrons. The Balaban J connectivity index is 0.000000212. The number of hydrogen-bond acceptors (Lipinski definition) is 11. The van der Waals surface area contributed by atoms with Gasteiger partial charge in [-0.15, -0.1) is 0 Å². The fourth-order valence-electron chi connectivity index (χ4n) is 6.86. The number of alkyl halides is 3. The van der Waals surface area contributed by atoms with Gasteiger partial charge in [0.2, 0.25) is 5.82 Å². The van der Waals surface area contributed by atoms with Crippen LogP contribution in [0.5, 0.6) is 0 Å². The van der Waals surface area contributed by atoms with Gasteiger partial charge in [0.05, 0.1) is 28.5 Å². The summed E-state index contributed by atoms with van der Waals surface area (Å²) in [5.74, 6) is -8.14. The van der Waals surface area contributed by atoms with E-state index in [9.17, 15) is 49.9 Å². The minimum absolute atomic E-state index is 0.00412. The summed E-state index contributed by atoms with van der Waals surface area (Å²) in [6.07, 6.45) is -2.17. The lowest BCUT2D eigenvalue weighted by atomic mass is 10.0. The molecule has 1 aliphatic carbocycles. The van der Waals surface area contributed by atoms with Crippen LogP contribution in [-0.2, 0) is 25.7 Å². The molecule has 68 heavy (non-hydrogen) atoms. The van der Waals surface area contributed by atoms with E-state index < -0.39 is 70.8 Å². The van der Waals surface area contributed by atoms with Gasteiger partial charge in [0, 0.05) is 30.8 Å². The van der Waals surface area contributed by atoms with Gasteiger partial charge in [0.1, 0.15) is 28.7 Å². The second kappa shape index (κ2) is 18.7. The zero-order valence-electron chi connectivity index (χ0n) is 33.9. The highest BCUT2D eigenvalue weighted by molar-refractivity contribution is 6.31. The molecular weight excluding hydrogens is 958 g/mol. The Labute approximate surface area is 384 Å². The van der Waals surface area contributed by atoms with Crippen molar-refractivity contribution in [1.82, 2.24) is 55.3 Å². The maximum Gasteiger partial charge on any atom is 0.471 e. The minimum atomic E-state index is -4.77. The third-order valence-corrected chi connectivity index (χ3v) is 10.7. The van der Waals surface area contributed by atoms with Gasteiger partial charge in [-0.3, -0.25) is 14.4 Å². The molecule has 5 heterocycles. The molecule has 3 amide bonds. The smallest absolute Gasteiger partial charge is 0.471 e. The number of nitrogens with one attached hydrogen (secondary N) is 3. The first kappa shape index (κ1) is 46.5. The number of amides is 3. The molecule has 17 nitrogen and oxygen atoms in total. The number of benzene rings is 3. The van der Waals surface area contributed by atoms with Gasteiger partial charge in [0.25, 0.3) is 17.7 Å². The number of halogens is 9. The Morgan fingerprint density at radius 2 is 1.25 bits per heavy atom. The summed E-state index contributed by atoms with van der Waals surface area (Å²) in [5, 5.41) is 27.7. The lowest BCUT2D eigenvalue weighted by molar-refractivity contribution is -0.159. The van der Waals surface area contributed by atoms with Crippen molar-refractivity contribution in [3.05, 3.63) is 163 Å². The lowest BCUT2D eigenvalue weighted by Gasteiger charge is -2.15. The standard InChI is InChI=1S/C27H17ClF5N7O3.C15H9ClF2N4O3/c28-16-7-12(1-5-17(16)29)10-34-24(41)20-9-21(40-23(36-20)18(30)11-35-40)25(42)37-19-6-3-13-8-14(2-4-15(13)19)22-38-26(43-39-22)27(31,32)33;16-8-3-7(1-2-9(8)17)5-19-14(23)11-4-12(15(24)25)22-13(21-11)10(18)6-20-22/h1-2,4-5,7-9,11,19H,3,6,10H2,(H,34,41)(H,37,42);1-4,6H,5H2,(H,19,23)(H,24,25)/t19-;/m0./s1. The molecule has 1 aliphatic rings. The molecule has 9 rings (SSSR count). The number of nitrogens with zero attached hydrogens (tertiary/aromatic N) is 8. The van der Waals surface area contributed by atoms with E-state index in [1.807, 2.05) is 0 Å². The van der Waals surface area contributed by atoms with E-state index in [0.717, 1.165) is 51.3 Å². The SMILES string of the molecule is O=C(NCc1ccc(F)c(Cl)c1)c1cc(C(=O)N[C@H]2CCc3cc(-c4noc(C(F)(F)F)n4)ccc32)n2ncc(F)c2n1.O=C(NCc1ccc(F)c(Cl)c1)c1cc(C(=O)O)n2ncc(F)c2n1. The number of rotatable bonds is 10. The molecule has 8 aromatic rings. The van der Waals surface area contributed by atoms with Crippen molar-refractivity contribution >= 4 is 58.2 Å². The average molecular weight is 985 g/mol. The maximum absolute atomic E-state index is 14.5. The number of aryl methyl sites for hydroxylation is 1. The number of carboxylic acids is 1. The highest BCUT2D eigenvalue weighted by Gasteiger charge is 2.39. The zero-order chi connectivity index (χ0) is 48.6. The number of fused-ring (bicyclic) bond motifs is 3. The molecule has 0 fully saturated rings. The molecule has 3 aromatic carbocycles. The third kappa shape index (κ3) is 9.76. The molecule has 0 saturated heterocycles. The number of carbonyl (C=O) groups is 4. The van der Waals surface area contributed by atoms with Crippen molar-refractivity contribution < 1.29 is 59.5 Å². The first-order valence-corrected chi connectivity index (χ1v) is 20.2. The van der Waals surface area contributed by atoms with Crippen LogP contribution >= 0.6 is 23.2 Å². The monoisotopic (exact) mass is 983 g/mol. The highest BCUT2D eigenvalue weighted by Crippen LogP contribution is 2.35. The predicted molar refractivity (Wildman–Crippen MR) is 221 cm³/mol. The van der Waals surface area contributed by atoms with Gasteiger partial charge < -0.3 is 25.6 Å². The summed E-state index contributed by atoms with van der Waals surface area (Å²) < 4.78 is 99.3. The van der Waals surface area contributed by atoms with Gasteiger partial charge in [-0.05, 0) is 65.4 Å². The van der Waals surface area contributed by atoms with Crippen LogP contribution in [0.3, 0.4) is 0 Å². The van der Waals surface area contributed by atoms with Crippen molar-refractivity contribution in [2.45, 2.75) is 38.1 Å². The zero-order valence-corrected chi connectivity index (χ0v) is 35.4. The van der Waals surface area contributed by atoms with Crippen LogP contribution in [0.2, 0.25) is 10.0 Å². The molecule has 5 aromatic heterocycles. The summed E-state index contributed by atoms with van der Waals surface area (Å²) in [6, 6.07) is 14.3. The average Bonchev–Trinajstić information content (AvgIpc) is 4.13. The Hall–Kier alpha value is -7.99. The van der Waals surface area contributed by atoms with Crippen LogP contribution in [-0.4, -0.2) is 68.1 Å². The van der Waals surface area contributed by atoms with Gasteiger partial charge in [-0.1, -0.05) is 52.6 Å². The fraction of sp³-hybridized carbons (Fsp3) is 0.143. The van der Waals surface area contributed by atoms with Gasteiger partial charge in [-0.25, -0.2) is 41.4 Å². The van der Waals surface area contributed by atoms with Crippen LogP contribution in [0.1, 0.15) is 82.6 Å². The van der Waals surface area contributed by atoms with Gasteiger partial charge >= 0.3 is 18.0 Å². The molecule has 1 atom stereocenters. The molecule has 4 N–H and O–H groups in total. The summed E-state index contributed by atoms with van der Waals surface area (Å²) in [6.45, 7) is -0.0486. The number of aromatic nitrogens is 8. The van der Waals surface area contributed by atoms with E-state index in [0.29, 0.717) is 35.1 Å². The Kier molecular flexibility index (Phi) is 12.8. The third-order valence-electron chi connectivity index (χ3n) is 10.1. The van der Waals surface area contributed by atoms with Crippen molar-refractivity contribution in [3.8, 4) is 11.4 Å². The second-order valence-corrected chi connectivity index (χ2v) is 15.4. The molecule has 0 bridgehead atoms. The second-order valence-electron chi connectivity index (χ2n) is 14.6. The summed E-state index contributed by atoms with van der Waals surface area (Å²) in [5.41, 5.74) is 0.935. The molecule has 0 spiro atoms. The summed E-state index contributed by atoms with van der Waals surface area (Å²) in [4.78, 5) is 60.9. The number of hydrogen-bond donors (Lipinski definition) is 4. The largest absolute Gasteiger partial charge is 0.477 e. The van der Waals surface area contributed by atoms with E-state index in [4.69, 9.17) is 28.3 Å². The quantitative estimate of drug-likeness (QED) is 0.0987. The minimum Gasteiger partial charge on any atom is -0.477 e. The van der Waals surface area contributed by atoms with Gasteiger partial charge in [-0.2, -0.15) is 28.4 Å². The Bertz CT molecular complexity index is 3330. The van der Waals surface area contributed by atoms with Crippen molar-refractivity contribution in [2.24, 2.45) is 0 Å². The van der Waals surface area contributed by atoms with Crippen LogP contribution < -0.4 is 16.0 Å². The van der Waals surface area contributed by atoms with Crippen molar-refractivity contribution in [1.29, 1.82) is 0 Å². The number of carbonyl (C=O) groups excluding carboxylic acids is 3. The van der Waals surface area contributed by atoms with E-state index in [1.54, 1.807) is 12.1 Å². The van der Waals surface area contributed by atoms with E-state index in [1.165, 1.54) is 30.3 Å². The fourth-order valence-corrected chi connectivity index (χ4v) is 7.26. The van der Waals surface area contributed by atoms with Crippen LogP contribution in [0.15, 0.2) is 83.6 Å². The molecule has 26 heteroatoms. The summed E-state index contributed by atoms with van der Waals surface area (Å²) in [7, 11) is 0. The molecule has 0 unspecified atom stereocenters. The highest BCUT2D eigenvalue weighted by atomic mass is 35.5. The normalized spacial score (nSPS) is 13.2. The predicted octanol–water partition coefficient (Wildman–Crippen LogP) is 7.37. The van der Waals surface area contributed by atoms with Crippen molar-refractivity contribution in [3.63, 3.8) is 0 Å². The van der Waals surface area contributed by atoms with E-state index in [-0.39, 0.29) is 57.3 Å². The Morgan fingerprint density at radius 1 is 0.706 bits per heavy atom. The Morgan fingerprint density at radius 3 is 1.76 bits per heavy atom. The molecule has 0 saturated carbocycles. The number of aromatic carboxylic acids is 1. The maximum atomic E-state index is 14.5. The van der Waals surface area contributed by atoms with Gasteiger partial charge in [0.15, 0.2) is 28.6 Å². The summed E-state index contributed by atoms with van der Waals surface area (Å²) >= 11 is 11.4.